The van der Waals surface area contributed by atoms with Crippen molar-refractivity contribution in [1.82, 2.24) is 14.5 Å². The summed E-state index contributed by atoms with van der Waals surface area (Å²) in [5, 5.41) is 10.5. The number of piperazine rings is 1. The Morgan fingerprint density at radius 3 is 2.47 bits per heavy atom. The standard InChI is InChI=1S/C26H23N5O/c27-18-22-10-6-12-28-26(22)30-15-13-29(14-16-30)25(32)19-31-23-11-5-4-9-21(23)17-24(31)20-7-2-1-3-8-20/h1-12,17H,13-16,19H2. The van der Waals surface area contributed by atoms with E-state index in [0.717, 1.165) is 22.2 Å². The predicted octanol–water partition coefficient (Wildman–Crippen LogP) is 3.92. The number of aromatic nitrogens is 2. The Bertz CT molecular complexity index is 1300. The number of anilines is 1. The molecule has 0 atom stereocenters. The molecule has 0 spiro atoms. The van der Waals surface area contributed by atoms with Gasteiger partial charge in [-0.2, -0.15) is 5.26 Å². The third-order valence-corrected chi connectivity index (χ3v) is 6.01. The molecule has 0 N–H and O–H groups in total. The minimum Gasteiger partial charge on any atom is -0.352 e. The minimum absolute atomic E-state index is 0.102. The highest BCUT2D eigenvalue weighted by molar-refractivity contribution is 5.89. The van der Waals surface area contributed by atoms with Crippen molar-refractivity contribution in [1.29, 1.82) is 5.26 Å². The summed E-state index contributed by atoms with van der Waals surface area (Å²) < 4.78 is 2.12. The maximum atomic E-state index is 13.3. The van der Waals surface area contributed by atoms with Gasteiger partial charge in [0.05, 0.1) is 5.56 Å². The molecule has 5 rings (SSSR count). The molecule has 1 aliphatic heterocycles. The van der Waals surface area contributed by atoms with Crippen LogP contribution in [0.1, 0.15) is 5.56 Å². The predicted molar refractivity (Wildman–Crippen MR) is 125 cm³/mol. The van der Waals surface area contributed by atoms with Gasteiger partial charge in [-0.3, -0.25) is 4.79 Å². The lowest BCUT2D eigenvalue weighted by Crippen LogP contribution is -2.50. The van der Waals surface area contributed by atoms with Crippen molar-refractivity contribution in [2.45, 2.75) is 6.54 Å². The van der Waals surface area contributed by atoms with Gasteiger partial charge in [0.25, 0.3) is 0 Å². The van der Waals surface area contributed by atoms with Crippen LogP contribution in [-0.2, 0) is 11.3 Å². The zero-order valence-electron chi connectivity index (χ0n) is 17.7. The van der Waals surface area contributed by atoms with Crippen LogP contribution in [-0.4, -0.2) is 46.5 Å². The van der Waals surface area contributed by atoms with Crippen LogP contribution in [0.2, 0.25) is 0 Å². The molecule has 3 heterocycles. The van der Waals surface area contributed by atoms with E-state index < -0.39 is 0 Å². The summed E-state index contributed by atoms with van der Waals surface area (Å²) in [4.78, 5) is 21.7. The number of nitrogens with zero attached hydrogens (tertiary/aromatic N) is 5. The van der Waals surface area contributed by atoms with Gasteiger partial charge >= 0.3 is 0 Å². The van der Waals surface area contributed by atoms with Crippen LogP contribution < -0.4 is 4.90 Å². The van der Waals surface area contributed by atoms with E-state index in [2.05, 4.69) is 50.9 Å². The summed E-state index contributed by atoms with van der Waals surface area (Å²) >= 11 is 0. The average molecular weight is 422 g/mol. The molecule has 0 aliphatic carbocycles. The SMILES string of the molecule is N#Cc1cccnc1N1CCN(C(=O)Cn2c(-c3ccccc3)cc3ccccc32)CC1. The van der Waals surface area contributed by atoms with Crippen molar-refractivity contribution in [3.8, 4) is 17.3 Å². The first-order valence-electron chi connectivity index (χ1n) is 10.8. The van der Waals surface area contributed by atoms with Crippen LogP contribution >= 0.6 is 0 Å². The first kappa shape index (κ1) is 19.8. The zero-order chi connectivity index (χ0) is 21.9. The molecule has 4 aromatic rings. The van der Waals surface area contributed by atoms with Crippen LogP contribution in [0, 0.1) is 11.3 Å². The second kappa shape index (κ2) is 8.56. The highest BCUT2D eigenvalue weighted by atomic mass is 16.2. The van der Waals surface area contributed by atoms with Crippen LogP contribution in [0.15, 0.2) is 79.0 Å². The Labute approximate surface area is 186 Å². The molecule has 1 fully saturated rings. The maximum Gasteiger partial charge on any atom is 0.242 e. The number of carbonyl (C=O) groups is 1. The molecular weight excluding hydrogens is 398 g/mol. The van der Waals surface area contributed by atoms with Crippen LogP contribution in [0.25, 0.3) is 22.2 Å². The number of carbonyl (C=O) groups excluding carboxylic acids is 1. The van der Waals surface area contributed by atoms with E-state index in [9.17, 15) is 10.1 Å². The van der Waals surface area contributed by atoms with E-state index in [1.165, 1.54) is 0 Å². The monoisotopic (exact) mass is 421 g/mol. The second-order valence-electron chi connectivity index (χ2n) is 7.89. The van der Waals surface area contributed by atoms with Crippen LogP contribution in [0.5, 0.6) is 0 Å². The Hall–Kier alpha value is -4.11. The van der Waals surface area contributed by atoms with Gasteiger partial charge in [-0.1, -0.05) is 48.5 Å². The van der Waals surface area contributed by atoms with Gasteiger partial charge in [0.1, 0.15) is 18.4 Å². The van der Waals surface area contributed by atoms with Crippen molar-refractivity contribution in [3.05, 3.63) is 84.6 Å². The van der Waals surface area contributed by atoms with Crippen molar-refractivity contribution in [3.63, 3.8) is 0 Å². The summed E-state index contributed by atoms with van der Waals surface area (Å²) in [5.41, 5.74) is 3.77. The van der Waals surface area contributed by atoms with Crippen LogP contribution in [0.3, 0.4) is 0 Å². The molecule has 2 aromatic carbocycles. The number of benzene rings is 2. The molecule has 1 saturated heterocycles. The van der Waals surface area contributed by atoms with Crippen molar-refractivity contribution in [2.24, 2.45) is 0 Å². The third-order valence-electron chi connectivity index (χ3n) is 6.01. The lowest BCUT2D eigenvalue weighted by molar-refractivity contribution is -0.132. The molecule has 0 unspecified atom stereocenters. The highest BCUT2D eigenvalue weighted by Gasteiger charge is 2.24. The van der Waals surface area contributed by atoms with Crippen molar-refractivity contribution in [2.75, 3.05) is 31.1 Å². The average Bonchev–Trinajstić information content (AvgIpc) is 3.23. The highest BCUT2D eigenvalue weighted by Crippen LogP contribution is 2.28. The Balaban J connectivity index is 1.36. The molecular formula is C26H23N5O. The first-order valence-corrected chi connectivity index (χ1v) is 10.8. The third kappa shape index (κ3) is 3.69. The van der Waals surface area contributed by atoms with E-state index >= 15 is 0 Å². The molecule has 158 valence electrons. The summed E-state index contributed by atoms with van der Waals surface area (Å²) in [7, 11) is 0. The molecule has 0 radical (unpaired) electrons. The number of fused-ring (bicyclic) bond motifs is 1. The Kier molecular flexibility index (Phi) is 5.30. The van der Waals surface area contributed by atoms with E-state index in [4.69, 9.17) is 0 Å². The summed E-state index contributed by atoms with van der Waals surface area (Å²) in [6.07, 6.45) is 1.70. The summed E-state index contributed by atoms with van der Waals surface area (Å²) in [6, 6.07) is 26.3. The van der Waals surface area contributed by atoms with Gasteiger partial charge in [-0.25, -0.2) is 4.98 Å². The fraction of sp³-hybridized carbons (Fsp3) is 0.192. The fourth-order valence-electron chi connectivity index (χ4n) is 4.37. The van der Waals surface area contributed by atoms with E-state index in [1.807, 2.05) is 35.2 Å². The first-order chi connectivity index (χ1) is 15.7. The molecule has 6 nitrogen and oxygen atoms in total. The normalized spacial score (nSPS) is 13.8. The number of para-hydroxylation sites is 1. The van der Waals surface area contributed by atoms with E-state index in [-0.39, 0.29) is 5.91 Å². The topological polar surface area (TPSA) is 65.2 Å². The van der Waals surface area contributed by atoms with E-state index in [0.29, 0.717) is 44.1 Å². The van der Waals surface area contributed by atoms with Crippen molar-refractivity contribution >= 4 is 22.6 Å². The molecule has 0 saturated carbocycles. The van der Waals surface area contributed by atoms with Gasteiger partial charge in [-0.05, 0) is 29.8 Å². The zero-order valence-corrected chi connectivity index (χ0v) is 17.7. The minimum atomic E-state index is 0.102. The molecule has 6 heteroatoms. The van der Waals surface area contributed by atoms with Gasteiger partial charge < -0.3 is 14.4 Å². The van der Waals surface area contributed by atoms with Gasteiger partial charge in [0, 0.05) is 49.0 Å². The van der Waals surface area contributed by atoms with Gasteiger partial charge in [0.15, 0.2) is 0 Å². The quantitative estimate of drug-likeness (QED) is 0.501. The van der Waals surface area contributed by atoms with Crippen LogP contribution in [0.4, 0.5) is 5.82 Å². The number of hydrogen-bond acceptors (Lipinski definition) is 4. The van der Waals surface area contributed by atoms with Gasteiger partial charge in [0.2, 0.25) is 5.91 Å². The van der Waals surface area contributed by atoms with E-state index in [1.54, 1.807) is 18.3 Å². The maximum absolute atomic E-state index is 13.3. The number of nitriles is 1. The number of rotatable bonds is 4. The lowest BCUT2D eigenvalue weighted by atomic mass is 10.1. The largest absolute Gasteiger partial charge is 0.352 e. The second-order valence-corrected chi connectivity index (χ2v) is 7.89. The summed E-state index contributed by atoms with van der Waals surface area (Å²) in [5.74, 6) is 0.801. The number of hydrogen-bond donors (Lipinski definition) is 0. The number of amides is 1. The Morgan fingerprint density at radius 2 is 1.69 bits per heavy atom. The molecule has 32 heavy (non-hydrogen) atoms. The smallest absolute Gasteiger partial charge is 0.242 e. The lowest BCUT2D eigenvalue weighted by Gasteiger charge is -2.36. The summed E-state index contributed by atoms with van der Waals surface area (Å²) in [6.45, 7) is 2.84. The molecule has 1 aliphatic rings. The fourth-order valence-corrected chi connectivity index (χ4v) is 4.37. The van der Waals surface area contributed by atoms with Gasteiger partial charge in [-0.15, -0.1) is 0 Å². The Morgan fingerprint density at radius 1 is 0.938 bits per heavy atom. The van der Waals surface area contributed by atoms with Crippen molar-refractivity contribution < 1.29 is 4.79 Å². The molecule has 2 aromatic heterocycles. The molecule has 0 bridgehead atoms. The number of pyridine rings is 1. The molecule has 1 amide bonds.